The summed E-state index contributed by atoms with van der Waals surface area (Å²) < 4.78 is 6.15. The number of hydrogen-bond acceptors (Lipinski definition) is 5. The highest BCUT2D eigenvalue weighted by Gasteiger charge is 2.51. The summed E-state index contributed by atoms with van der Waals surface area (Å²) in [6, 6.07) is 7.42. The topological polar surface area (TPSA) is 55.3 Å². The van der Waals surface area contributed by atoms with Gasteiger partial charge in [-0.1, -0.05) is 0 Å². The van der Waals surface area contributed by atoms with Gasteiger partial charge in [0.2, 0.25) is 0 Å². The number of aromatic nitrogens is 2. The number of rotatable bonds is 3. The number of carbonyl (C=O) groups is 1. The Bertz CT molecular complexity index is 689. The van der Waals surface area contributed by atoms with Crippen molar-refractivity contribution in [1.82, 2.24) is 14.9 Å². The van der Waals surface area contributed by atoms with E-state index in [4.69, 9.17) is 4.74 Å². The van der Waals surface area contributed by atoms with E-state index >= 15 is 0 Å². The quantitative estimate of drug-likeness (QED) is 0.865. The molecule has 2 saturated heterocycles. The Morgan fingerprint density at radius 3 is 2.70 bits per heavy atom. The van der Waals surface area contributed by atoms with Crippen molar-refractivity contribution in [1.29, 1.82) is 0 Å². The number of likely N-dealkylation sites (tertiary alicyclic amines) is 1. The standard InChI is InChI=1S/C17H17N3O2S/c21-16(13-3-1-5-18-8-13)20-11-17(12-20)7-15(10-23-17)22-14-4-2-6-19-9-14/h1-6,8-9,15H,7,10-12H2. The lowest BCUT2D eigenvalue weighted by Gasteiger charge is -2.47. The number of thioether (sulfide) groups is 1. The number of carbonyl (C=O) groups excluding carboxylic acids is 1. The Morgan fingerprint density at radius 2 is 2.00 bits per heavy atom. The lowest BCUT2D eigenvalue weighted by molar-refractivity contribution is 0.0517. The zero-order valence-electron chi connectivity index (χ0n) is 12.6. The molecule has 0 bridgehead atoms. The van der Waals surface area contributed by atoms with E-state index in [0.29, 0.717) is 5.56 Å². The second-order valence-corrected chi connectivity index (χ2v) is 7.52. The van der Waals surface area contributed by atoms with Gasteiger partial charge in [-0.05, 0) is 24.3 Å². The molecule has 2 aliphatic rings. The third-order valence-electron chi connectivity index (χ3n) is 4.27. The van der Waals surface area contributed by atoms with Gasteiger partial charge in [-0.25, -0.2) is 0 Å². The molecule has 2 aromatic heterocycles. The number of nitrogens with zero attached hydrogens (tertiary/aromatic N) is 3. The molecule has 4 rings (SSSR count). The normalized spacial score (nSPS) is 21.9. The molecule has 1 unspecified atom stereocenters. The second-order valence-electron chi connectivity index (χ2n) is 6.03. The first-order valence-corrected chi connectivity index (χ1v) is 8.63. The van der Waals surface area contributed by atoms with E-state index in [9.17, 15) is 4.79 Å². The summed E-state index contributed by atoms with van der Waals surface area (Å²) in [5.41, 5.74) is 0.661. The van der Waals surface area contributed by atoms with Crippen molar-refractivity contribution in [3.8, 4) is 5.75 Å². The third kappa shape index (κ3) is 2.91. The predicted molar refractivity (Wildman–Crippen MR) is 88.6 cm³/mol. The van der Waals surface area contributed by atoms with Crippen LogP contribution in [-0.4, -0.2) is 50.5 Å². The number of pyridine rings is 2. The van der Waals surface area contributed by atoms with E-state index in [1.54, 1.807) is 30.9 Å². The fourth-order valence-electron chi connectivity index (χ4n) is 3.17. The average molecular weight is 327 g/mol. The largest absolute Gasteiger partial charge is 0.488 e. The molecular formula is C17H17N3O2S. The molecule has 118 valence electrons. The van der Waals surface area contributed by atoms with Gasteiger partial charge in [0, 0.05) is 43.9 Å². The second kappa shape index (κ2) is 5.85. The summed E-state index contributed by atoms with van der Waals surface area (Å²) in [5, 5.41) is 0. The van der Waals surface area contributed by atoms with Crippen LogP contribution in [0.25, 0.3) is 0 Å². The first-order chi connectivity index (χ1) is 11.2. The minimum absolute atomic E-state index is 0.0703. The van der Waals surface area contributed by atoms with Crippen LogP contribution in [0.1, 0.15) is 16.8 Å². The van der Waals surface area contributed by atoms with Crippen LogP contribution in [0.2, 0.25) is 0 Å². The van der Waals surface area contributed by atoms with Crippen LogP contribution in [0.4, 0.5) is 0 Å². The molecule has 6 heteroatoms. The SMILES string of the molecule is O=C(c1cccnc1)N1CC2(CC(Oc3cccnc3)CS2)C1. The van der Waals surface area contributed by atoms with E-state index in [1.807, 2.05) is 34.9 Å². The first kappa shape index (κ1) is 14.5. The molecule has 0 aromatic carbocycles. The minimum atomic E-state index is 0.0703. The van der Waals surface area contributed by atoms with Crippen molar-refractivity contribution >= 4 is 17.7 Å². The molecule has 0 N–H and O–H groups in total. The van der Waals surface area contributed by atoms with E-state index in [-0.39, 0.29) is 16.8 Å². The molecule has 2 fully saturated rings. The van der Waals surface area contributed by atoms with Crippen molar-refractivity contribution in [3.05, 3.63) is 54.6 Å². The van der Waals surface area contributed by atoms with E-state index in [0.717, 1.165) is 31.0 Å². The molecule has 1 amide bonds. The molecule has 0 saturated carbocycles. The summed E-state index contributed by atoms with van der Waals surface area (Å²) in [6.45, 7) is 1.58. The van der Waals surface area contributed by atoms with Crippen molar-refractivity contribution in [2.75, 3.05) is 18.8 Å². The van der Waals surface area contributed by atoms with Crippen molar-refractivity contribution in [2.45, 2.75) is 17.3 Å². The highest BCUT2D eigenvalue weighted by molar-refractivity contribution is 8.01. The zero-order valence-corrected chi connectivity index (χ0v) is 13.4. The number of amides is 1. The van der Waals surface area contributed by atoms with E-state index in [2.05, 4.69) is 9.97 Å². The van der Waals surface area contributed by atoms with Crippen LogP contribution in [0, 0.1) is 0 Å². The number of ether oxygens (including phenoxy) is 1. The monoisotopic (exact) mass is 327 g/mol. The van der Waals surface area contributed by atoms with Crippen LogP contribution in [-0.2, 0) is 0 Å². The molecule has 0 radical (unpaired) electrons. The lowest BCUT2D eigenvalue weighted by Crippen LogP contribution is -2.60. The third-order valence-corrected chi connectivity index (χ3v) is 5.84. The van der Waals surface area contributed by atoms with E-state index < -0.39 is 0 Å². The van der Waals surface area contributed by atoms with Gasteiger partial charge in [-0.2, -0.15) is 0 Å². The summed E-state index contributed by atoms with van der Waals surface area (Å²) in [6.07, 6.45) is 7.97. The van der Waals surface area contributed by atoms with Crippen molar-refractivity contribution in [2.24, 2.45) is 0 Å². The molecule has 4 heterocycles. The minimum Gasteiger partial charge on any atom is -0.488 e. The van der Waals surface area contributed by atoms with Crippen LogP contribution in [0.3, 0.4) is 0 Å². The Labute approximate surface area is 139 Å². The highest BCUT2D eigenvalue weighted by Crippen LogP contribution is 2.46. The van der Waals surface area contributed by atoms with Crippen molar-refractivity contribution < 1.29 is 9.53 Å². The molecule has 5 nitrogen and oxygen atoms in total. The van der Waals surface area contributed by atoms with Gasteiger partial charge in [-0.15, -0.1) is 11.8 Å². The zero-order chi connectivity index (χ0) is 15.7. The Balaban J connectivity index is 1.34. The van der Waals surface area contributed by atoms with Crippen molar-refractivity contribution in [3.63, 3.8) is 0 Å². The van der Waals surface area contributed by atoms with E-state index in [1.165, 1.54) is 0 Å². The van der Waals surface area contributed by atoms with Gasteiger partial charge in [-0.3, -0.25) is 14.8 Å². The summed E-state index contributed by atoms with van der Waals surface area (Å²) in [5.74, 6) is 1.85. The molecule has 1 spiro atoms. The predicted octanol–water partition coefficient (Wildman–Crippen LogP) is 2.26. The fraction of sp³-hybridized carbons (Fsp3) is 0.353. The summed E-state index contributed by atoms with van der Waals surface area (Å²) >= 11 is 1.92. The van der Waals surface area contributed by atoms with Crippen LogP contribution < -0.4 is 4.74 Å². The summed E-state index contributed by atoms with van der Waals surface area (Å²) in [4.78, 5) is 22.4. The van der Waals surface area contributed by atoms with Gasteiger partial charge in [0.15, 0.2) is 0 Å². The maximum atomic E-state index is 12.4. The first-order valence-electron chi connectivity index (χ1n) is 7.64. The molecular weight excluding hydrogens is 310 g/mol. The molecule has 2 aromatic rings. The molecule has 23 heavy (non-hydrogen) atoms. The molecule has 2 aliphatic heterocycles. The van der Waals surface area contributed by atoms with Gasteiger partial charge < -0.3 is 9.64 Å². The maximum absolute atomic E-state index is 12.4. The maximum Gasteiger partial charge on any atom is 0.255 e. The Kier molecular flexibility index (Phi) is 3.69. The lowest BCUT2D eigenvalue weighted by atomic mass is 9.92. The Hall–Kier alpha value is -2.08. The van der Waals surface area contributed by atoms with Crippen LogP contribution in [0.5, 0.6) is 5.75 Å². The van der Waals surface area contributed by atoms with Gasteiger partial charge in [0.05, 0.1) is 16.5 Å². The molecule has 0 aliphatic carbocycles. The fourth-order valence-corrected chi connectivity index (χ4v) is 4.70. The molecule has 1 atom stereocenters. The summed E-state index contributed by atoms with van der Waals surface area (Å²) in [7, 11) is 0. The Morgan fingerprint density at radius 1 is 1.22 bits per heavy atom. The van der Waals surface area contributed by atoms with Gasteiger partial charge in [0.25, 0.3) is 5.91 Å². The van der Waals surface area contributed by atoms with Gasteiger partial charge >= 0.3 is 0 Å². The van der Waals surface area contributed by atoms with Crippen LogP contribution in [0.15, 0.2) is 49.1 Å². The van der Waals surface area contributed by atoms with Crippen LogP contribution >= 0.6 is 11.8 Å². The number of hydrogen-bond donors (Lipinski definition) is 0. The van der Waals surface area contributed by atoms with Gasteiger partial charge in [0.1, 0.15) is 11.9 Å². The average Bonchev–Trinajstić information content (AvgIpc) is 2.99. The highest BCUT2D eigenvalue weighted by atomic mass is 32.2. The smallest absolute Gasteiger partial charge is 0.255 e.